The molecule has 18 heavy (non-hydrogen) atoms. The Morgan fingerprint density at radius 3 is 2.78 bits per heavy atom. The van der Waals surface area contributed by atoms with Crippen LogP contribution >= 0.6 is 0 Å². The maximum Gasteiger partial charge on any atom is 0.0700 e. The first kappa shape index (κ1) is 15.9. The standard InChI is InChI=1S/C14H29NO3/c1-3-7-15-13-5-6-14(12-13)18-9-4-8-17-11-10-16-2/h13-15H,3-12H2,1-2H3. The quantitative estimate of drug-likeness (QED) is 0.576. The van der Waals surface area contributed by atoms with Crippen LogP contribution in [0.5, 0.6) is 0 Å². The third-order valence-electron chi connectivity index (χ3n) is 3.29. The van der Waals surface area contributed by atoms with Gasteiger partial charge in [-0.3, -0.25) is 0 Å². The number of hydrogen-bond acceptors (Lipinski definition) is 4. The van der Waals surface area contributed by atoms with Gasteiger partial charge in [0.25, 0.3) is 0 Å². The average molecular weight is 259 g/mol. The van der Waals surface area contributed by atoms with Gasteiger partial charge in [0, 0.05) is 26.4 Å². The lowest BCUT2D eigenvalue weighted by Gasteiger charge is -2.13. The summed E-state index contributed by atoms with van der Waals surface area (Å²) >= 11 is 0. The average Bonchev–Trinajstić information content (AvgIpc) is 2.83. The van der Waals surface area contributed by atoms with Crippen molar-refractivity contribution < 1.29 is 14.2 Å². The lowest BCUT2D eigenvalue weighted by molar-refractivity contribution is 0.0256. The van der Waals surface area contributed by atoms with Crippen LogP contribution in [0, 0.1) is 0 Å². The van der Waals surface area contributed by atoms with Gasteiger partial charge in [-0.1, -0.05) is 6.92 Å². The van der Waals surface area contributed by atoms with Crippen LogP contribution in [-0.2, 0) is 14.2 Å². The molecule has 0 amide bonds. The zero-order valence-corrected chi connectivity index (χ0v) is 12.0. The van der Waals surface area contributed by atoms with Gasteiger partial charge in [-0.25, -0.2) is 0 Å². The maximum atomic E-state index is 5.87. The topological polar surface area (TPSA) is 39.7 Å². The molecule has 1 rings (SSSR count). The Kier molecular flexibility index (Phi) is 9.48. The monoisotopic (exact) mass is 259 g/mol. The molecule has 4 heteroatoms. The summed E-state index contributed by atoms with van der Waals surface area (Å²) in [7, 11) is 1.69. The highest BCUT2D eigenvalue weighted by molar-refractivity contribution is 4.80. The molecular formula is C14H29NO3. The van der Waals surface area contributed by atoms with Crippen LogP contribution in [0.2, 0.25) is 0 Å². The van der Waals surface area contributed by atoms with E-state index in [1.807, 2.05) is 0 Å². The summed E-state index contributed by atoms with van der Waals surface area (Å²) in [6.07, 6.45) is 6.28. The van der Waals surface area contributed by atoms with E-state index in [9.17, 15) is 0 Å². The molecule has 1 fully saturated rings. The smallest absolute Gasteiger partial charge is 0.0700 e. The second-order valence-electron chi connectivity index (χ2n) is 4.92. The van der Waals surface area contributed by atoms with E-state index < -0.39 is 0 Å². The normalized spacial score (nSPS) is 23.7. The predicted molar refractivity (Wildman–Crippen MR) is 73.0 cm³/mol. The van der Waals surface area contributed by atoms with Crippen molar-refractivity contribution in [2.45, 2.75) is 51.2 Å². The molecule has 1 N–H and O–H groups in total. The van der Waals surface area contributed by atoms with Gasteiger partial charge in [-0.15, -0.1) is 0 Å². The maximum absolute atomic E-state index is 5.87. The fourth-order valence-electron chi connectivity index (χ4n) is 2.28. The molecule has 2 atom stereocenters. The first-order chi connectivity index (χ1) is 8.86. The first-order valence-electron chi connectivity index (χ1n) is 7.28. The van der Waals surface area contributed by atoms with E-state index in [-0.39, 0.29) is 0 Å². The van der Waals surface area contributed by atoms with E-state index >= 15 is 0 Å². The number of rotatable bonds is 11. The first-order valence-corrected chi connectivity index (χ1v) is 7.28. The largest absolute Gasteiger partial charge is 0.382 e. The molecule has 108 valence electrons. The second-order valence-corrected chi connectivity index (χ2v) is 4.92. The summed E-state index contributed by atoms with van der Waals surface area (Å²) < 4.78 is 16.2. The zero-order chi connectivity index (χ0) is 13.1. The number of hydrogen-bond donors (Lipinski definition) is 1. The molecule has 0 spiro atoms. The van der Waals surface area contributed by atoms with E-state index in [4.69, 9.17) is 14.2 Å². The minimum Gasteiger partial charge on any atom is -0.382 e. The molecule has 0 aromatic rings. The van der Waals surface area contributed by atoms with Crippen LogP contribution in [0.15, 0.2) is 0 Å². The van der Waals surface area contributed by atoms with Gasteiger partial charge >= 0.3 is 0 Å². The lowest BCUT2D eigenvalue weighted by atomic mass is 10.2. The highest BCUT2D eigenvalue weighted by Gasteiger charge is 2.24. The van der Waals surface area contributed by atoms with Crippen molar-refractivity contribution in [1.29, 1.82) is 0 Å². The Morgan fingerprint density at radius 1 is 1.11 bits per heavy atom. The lowest BCUT2D eigenvalue weighted by Crippen LogP contribution is -2.27. The molecule has 0 aromatic heterocycles. The van der Waals surface area contributed by atoms with Gasteiger partial charge < -0.3 is 19.5 Å². The van der Waals surface area contributed by atoms with E-state index in [0.29, 0.717) is 25.4 Å². The zero-order valence-electron chi connectivity index (χ0n) is 12.0. The third kappa shape index (κ3) is 7.31. The van der Waals surface area contributed by atoms with Crippen molar-refractivity contribution >= 4 is 0 Å². The minimum absolute atomic E-state index is 0.457. The molecule has 0 bridgehead atoms. The fourth-order valence-corrected chi connectivity index (χ4v) is 2.28. The van der Waals surface area contributed by atoms with Crippen molar-refractivity contribution in [2.24, 2.45) is 0 Å². The van der Waals surface area contributed by atoms with E-state index in [1.54, 1.807) is 7.11 Å². The summed E-state index contributed by atoms with van der Waals surface area (Å²) in [5, 5.41) is 3.57. The molecule has 1 saturated carbocycles. The Hall–Kier alpha value is -0.160. The highest BCUT2D eigenvalue weighted by atomic mass is 16.5. The third-order valence-corrected chi connectivity index (χ3v) is 3.29. The molecule has 2 unspecified atom stereocenters. The number of ether oxygens (including phenoxy) is 3. The molecule has 4 nitrogen and oxygen atoms in total. The Balaban J connectivity index is 1.88. The summed E-state index contributed by atoms with van der Waals surface area (Å²) in [6.45, 7) is 6.28. The van der Waals surface area contributed by atoms with E-state index in [1.165, 1.54) is 25.7 Å². The van der Waals surface area contributed by atoms with Gasteiger partial charge in [0.15, 0.2) is 0 Å². The van der Waals surface area contributed by atoms with Crippen molar-refractivity contribution in [1.82, 2.24) is 5.32 Å². The van der Waals surface area contributed by atoms with Crippen molar-refractivity contribution in [3.8, 4) is 0 Å². The molecule has 0 radical (unpaired) electrons. The van der Waals surface area contributed by atoms with Gasteiger partial charge in [-0.2, -0.15) is 0 Å². The van der Waals surface area contributed by atoms with E-state index in [0.717, 1.165) is 26.2 Å². The number of methoxy groups -OCH3 is 1. The van der Waals surface area contributed by atoms with Crippen LogP contribution < -0.4 is 5.32 Å². The van der Waals surface area contributed by atoms with Crippen molar-refractivity contribution in [3.05, 3.63) is 0 Å². The number of nitrogens with one attached hydrogen (secondary N) is 1. The predicted octanol–water partition coefficient (Wildman–Crippen LogP) is 1.98. The van der Waals surface area contributed by atoms with Gasteiger partial charge in [0.1, 0.15) is 0 Å². The summed E-state index contributed by atoms with van der Waals surface area (Å²) in [5.41, 5.74) is 0. The van der Waals surface area contributed by atoms with Crippen LogP contribution in [0.25, 0.3) is 0 Å². The molecule has 0 saturated heterocycles. The highest BCUT2D eigenvalue weighted by Crippen LogP contribution is 2.22. The van der Waals surface area contributed by atoms with Crippen LogP contribution in [-0.4, -0.2) is 52.2 Å². The second kappa shape index (κ2) is 10.7. The molecule has 0 heterocycles. The van der Waals surface area contributed by atoms with E-state index in [2.05, 4.69) is 12.2 Å². The van der Waals surface area contributed by atoms with Gasteiger partial charge in [-0.05, 0) is 38.6 Å². The van der Waals surface area contributed by atoms with Gasteiger partial charge in [0.05, 0.1) is 19.3 Å². The Labute approximate surface area is 111 Å². The summed E-state index contributed by atoms with van der Waals surface area (Å²) in [6, 6.07) is 0.674. The SMILES string of the molecule is CCCNC1CCC(OCCCOCCOC)C1. The molecule has 0 aromatic carbocycles. The van der Waals surface area contributed by atoms with Crippen LogP contribution in [0.3, 0.4) is 0 Å². The minimum atomic E-state index is 0.457. The summed E-state index contributed by atoms with van der Waals surface area (Å²) in [4.78, 5) is 0. The summed E-state index contributed by atoms with van der Waals surface area (Å²) in [5.74, 6) is 0. The van der Waals surface area contributed by atoms with Crippen molar-refractivity contribution in [3.63, 3.8) is 0 Å². The molecular weight excluding hydrogens is 230 g/mol. The van der Waals surface area contributed by atoms with Crippen LogP contribution in [0.4, 0.5) is 0 Å². The molecule has 0 aliphatic heterocycles. The Morgan fingerprint density at radius 2 is 2.00 bits per heavy atom. The van der Waals surface area contributed by atoms with Crippen molar-refractivity contribution in [2.75, 3.05) is 40.1 Å². The fraction of sp³-hybridized carbons (Fsp3) is 1.00. The Bertz CT molecular complexity index is 190. The van der Waals surface area contributed by atoms with Crippen LogP contribution in [0.1, 0.15) is 39.0 Å². The molecule has 1 aliphatic carbocycles. The molecule has 1 aliphatic rings. The van der Waals surface area contributed by atoms with Gasteiger partial charge in [0.2, 0.25) is 0 Å².